The molecule has 0 amide bonds. The molecule has 0 atom stereocenters. The van der Waals surface area contributed by atoms with Crippen molar-refractivity contribution in [2.24, 2.45) is 0 Å². The van der Waals surface area contributed by atoms with Gasteiger partial charge in [0.1, 0.15) is 11.5 Å². The Hall–Kier alpha value is -1.51. The molecule has 0 radical (unpaired) electrons. The number of rotatable bonds is 2. The van der Waals surface area contributed by atoms with Gasteiger partial charge in [0.05, 0.1) is 12.5 Å². The van der Waals surface area contributed by atoms with Gasteiger partial charge in [0.2, 0.25) is 0 Å². The predicted molar refractivity (Wildman–Crippen MR) is 51.5 cm³/mol. The smallest absolute Gasteiger partial charge is 0.315 e. The minimum Gasteiger partial charge on any atom is -0.491 e. The van der Waals surface area contributed by atoms with Crippen LogP contribution in [0.2, 0.25) is 0 Å². The summed E-state index contributed by atoms with van der Waals surface area (Å²) in [6, 6.07) is 5.50. The molecule has 0 saturated carbocycles. The largest absolute Gasteiger partial charge is 0.491 e. The second kappa shape index (κ2) is 3.33. The Morgan fingerprint density at radius 2 is 2.21 bits per heavy atom. The molecule has 3 heteroatoms. The van der Waals surface area contributed by atoms with Crippen LogP contribution in [0.5, 0.6) is 11.5 Å². The maximum atomic E-state index is 11.0. The van der Waals surface area contributed by atoms with E-state index in [1.165, 1.54) is 0 Å². The quantitative estimate of drug-likeness (QED) is 0.530. The fourth-order valence-corrected chi connectivity index (χ4v) is 1.44. The molecule has 0 N–H and O–H groups in total. The topological polar surface area (TPSA) is 35.5 Å². The first-order valence-corrected chi connectivity index (χ1v) is 4.65. The van der Waals surface area contributed by atoms with Gasteiger partial charge in [-0.2, -0.15) is 0 Å². The molecule has 0 spiro atoms. The third kappa shape index (κ3) is 1.71. The number of carbonyl (C=O) groups is 1. The number of esters is 1. The molecule has 3 nitrogen and oxygen atoms in total. The van der Waals surface area contributed by atoms with E-state index in [1.807, 2.05) is 26.0 Å². The van der Waals surface area contributed by atoms with Gasteiger partial charge in [0.15, 0.2) is 0 Å². The van der Waals surface area contributed by atoms with Gasteiger partial charge in [-0.3, -0.25) is 4.79 Å². The summed E-state index contributed by atoms with van der Waals surface area (Å²) in [4.78, 5) is 11.0. The van der Waals surface area contributed by atoms with Crippen LogP contribution in [0.25, 0.3) is 0 Å². The zero-order chi connectivity index (χ0) is 10.1. The van der Waals surface area contributed by atoms with Crippen LogP contribution in [-0.4, -0.2) is 12.1 Å². The summed E-state index contributed by atoms with van der Waals surface area (Å²) in [5.74, 6) is 1.18. The summed E-state index contributed by atoms with van der Waals surface area (Å²) in [5, 5.41) is 0. The molecule has 2 rings (SSSR count). The molecule has 1 aromatic rings. The van der Waals surface area contributed by atoms with Crippen LogP contribution in [0.1, 0.15) is 19.4 Å². The minimum absolute atomic E-state index is 0.130. The summed E-state index contributed by atoms with van der Waals surface area (Å²) in [5.41, 5.74) is 0.936. The highest BCUT2D eigenvalue weighted by Gasteiger charge is 2.20. The molecule has 1 aliphatic rings. The van der Waals surface area contributed by atoms with Crippen molar-refractivity contribution in [2.45, 2.75) is 26.4 Å². The van der Waals surface area contributed by atoms with E-state index in [1.54, 1.807) is 6.07 Å². The SMILES string of the molecule is CC(C)Oc1ccc2c(c1)OC(=O)C2. The van der Waals surface area contributed by atoms with Crippen LogP contribution < -0.4 is 9.47 Å². The molecule has 0 aliphatic carbocycles. The number of fused-ring (bicyclic) bond motifs is 1. The van der Waals surface area contributed by atoms with Gasteiger partial charge in [0, 0.05) is 11.6 Å². The lowest BCUT2D eigenvalue weighted by Crippen LogP contribution is -2.05. The van der Waals surface area contributed by atoms with Crippen molar-refractivity contribution in [1.82, 2.24) is 0 Å². The van der Waals surface area contributed by atoms with Crippen LogP contribution in [-0.2, 0) is 11.2 Å². The molecule has 14 heavy (non-hydrogen) atoms. The predicted octanol–water partition coefficient (Wildman–Crippen LogP) is 1.94. The summed E-state index contributed by atoms with van der Waals surface area (Å²) >= 11 is 0. The maximum absolute atomic E-state index is 11.0. The van der Waals surface area contributed by atoms with E-state index in [2.05, 4.69) is 0 Å². The molecule has 0 bridgehead atoms. The molecule has 0 saturated heterocycles. The summed E-state index contributed by atoms with van der Waals surface area (Å²) in [7, 11) is 0. The highest BCUT2D eigenvalue weighted by atomic mass is 16.5. The summed E-state index contributed by atoms with van der Waals surface area (Å²) in [6.07, 6.45) is 0.502. The van der Waals surface area contributed by atoms with Crippen LogP contribution in [0, 0.1) is 0 Å². The Kier molecular flexibility index (Phi) is 2.15. The lowest BCUT2D eigenvalue weighted by molar-refractivity contribution is -0.131. The van der Waals surface area contributed by atoms with Crippen LogP contribution >= 0.6 is 0 Å². The molecule has 0 fully saturated rings. The Bertz CT molecular complexity index is 369. The van der Waals surface area contributed by atoms with Crippen molar-refractivity contribution in [1.29, 1.82) is 0 Å². The highest BCUT2D eigenvalue weighted by Crippen LogP contribution is 2.30. The third-order valence-electron chi connectivity index (χ3n) is 1.97. The zero-order valence-corrected chi connectivity index (χ0v) is 8.24. The molecule has 0 unspecified atom stereocenters. The van der Waals surface area contributed by atoms with Crippen molar-refractivity contribution in [3.63, 3.8) is 0 Å². The van der Waals surface area contributed by atoms with Gasteiger partial charge in [0.25, 0.3) is 0 Å². The van der Waals surface area contributed by atoms with E-state index < -0.39 is 0 Å². The van der Waals surface area contributed by atoms with Gasteiger partial charge in [-0.25, -0.2) is 0 Å². The number of benzene rings is 1. The number of carbonyl (C=O) groups excluding carboxylic acids is 1. The van der Waals surface area contributed by atoms with Crippen molar-refractivity contribution in [3.8, 4) is 11.5 Å². The van der Waals surface area contributed by atoms with Gasteiger partial charge in [-0.05, 0) is 19.9 Å². The second-order valence-electron chi connectivity index (χ2n) is 3.59. The maximum Gasteiger partial charge on any atom is 0.315 e. The van der Waals surface area contributed by atoms with Gasteiger partial charge in [-0.15, -0.1) is 0 Å². The number of ether oxygens (including phenoxy) is 2. The monoisotopic (exact) mass is 192 g/mol. The van der Waals surface area contributed by atoms with Gasteiger partial charge >= 0.3 is 5.97 Å². The Morgan fingerprint density at radius 1 is 1.43 bits per heavy atom. The van der Waals surface area contributed by atoms with Crippen molar-refractivity contribution in [2.75, 3.05) is 0 Å². The van der Waals surface area contributed by atoms with Gasteiger partial charge in [-0.1, -0.05) is 6.07 Å². The van der Waals surface area contributed by atoms with E-state index in [-0.39, 0.29) is 12.1 Å². The number of hydrogen-bond donors (Lipinski definition) is 0. The van der Waals surface area contributed by atoms with Crippen LogP contribution in [0.4, 0.5) is 0 Å². The minimum atomic E-state index is -0.193. The van der Waals surface area contributed by atoms with E-state index in [0.29, 0.717) is 12.2 Å². The highest BCUT2D eigenvalue weighted by molar-refractivity contribution is 5.81. The van der Waals surface area contributed by atoms with Crippen molar-refractivity contribution in [3.05, 3.63) is 23.8 Å². The lowest BCUT2D eigenvalue weighted by atomic mass is 10.1. The zero-order valence-electron chi connectivity index (χ0n) is 8.24. The fraction of sp³-hybridized carbons (Fsp3) is 0.364. The normalized spacial score (nSPS) is 14.1. The molecule has 1 heterocycles. The molecule has 1 aliphatic heterocycles. The average Bonchev–Trinajstić information content (AvgIpc) is 2.42. The van der Waals surface area contributed by atoms with E-state index >= 15 is 0 Å². The molecule has 0 aromatic heterocycles. The average molecular weight is 192 g/mol. The Labute approximate surface area is 82.6 Å². The van der Waals surface area contributed by atoms with Crippen molar-refractivity contribution < 1.29 is 14.3 Å². The first-order valence-electron chi connectivity index (χ1n) is 4.65. The Balaban J connectivity index is 2.24. The Morgan fingerprint density at radius 3 is 2.93 bits per heavy atom. The summed E-state index contributed by atoms with van der Waals surface area (Å²) < 4.78 is 10.5. The molecular formula is C11H12O3. The fourth-order valence-electron chi connectivity index (χ4n) is 1.44. The number of hydrogen-bond acceptors (Lipinski definition) is 3. The van der Waals surface area contributed by atoms with Crippen molar-refractivity contribution >= 4 is 5.97 Å². The van der Waals surface area contributed by atoms with Crippen LogP contribution in [0.15, 0.2) is 18.2 Å². The van der Waals surface area contributed by atoms with E-state index in [9.17, 15) is 4.79 Å². The molecule has 74 valence electrons. The van der Waals surface area contributed by atoms with E-state index in [4.69, 9.17) is 9.47 Å². The van der Waals surface area contributed by atoms with E-state index in [0.717, 1.165) is 11.3 Å². The van der Waals surface area contributed by atoms with Gasteiger partial charge < -0.3 is 9.47 Å². The second-order valence-corrected chi connectivity index (χ2v) is 3.59. The first-order chi connectivity index (χ1) is 6.65. The lowest BCUT2D eigenvalue weighted by Gasteiger charge is -2.09. The third-order valence-corrected chi connectivity index (χ3v) is 1.97. The first kappa shape index (κ1) is 9.06. The standard InChI is InChI=1S/C11H12O3/c1-7(2)13-9-4-3-8-5-11(12)14-10(8)6-9/h3-4,6-7H,5H2,1-2H3. The summed E-state index contributed by atoms with van der Waals surface area (Å²) in [6.45, 7) is 3.92. The molecule has 1 aromatic carbocycles. The molecular weight excluding hydrogens is 180 g/mol. The van der Waals surface area contributed by atoms with Crippen LogP contribution in [0.3, 0.4) is 0 Å².